The van der Waals surface area contributed by atoms with Gasteiger partial charge < -0.3 is 5.11 Å². The number of thioether (sulfide) groups is 1. The van der Waals surface area contributed by atoms with E-state index in [0.29, 0.717) is 12.0 Å². The first-order valence-corrected chi connectivity index (χ1v) is 5.98. The monoisotopic (exact) mass is 255 g/mol. The molecule has 1 aromatic rings. The van der Waals surface area contributed by atoms with E-state index in [9.17, 15) is 14.9 Å². The van der Waals surface area contributed by atoms with Gasteiger partial charge in [0, 0.05) is 16.5 Å². The fourth-order valence-electron chi connectivity index (χ4n) is 1.38. The van der Waals surface area contributed by atoms with Crippen LogP contribution in [-0.4, -0.2) is 21.2 Å². The van der Waals surface area contributed by atoms with Gasteiger partial charge in [0.15, 0.2) is 0 Å². The summed E-state index contributed by atoms with van der Waals surface area (Å²) in [7, 11) is 0. The van der Waals surface area contributed by atoms with Crippen LogP contribution in [0.3, 0.4) is 0 Å². The van der Waals surface area contributed by atoms with Crippen LogP contribution in [0.25, 0.3) is 0 Å². The van der Waals surface area contributed by atoms with E-state index in [1.165, 1.54) is 17.8 Å². The second-order valence-corrected chi connectivity index (χ2v) is 4.83. The van der Waals surface area contributed by atoms with Crippen molar-refractivity contribution in [2.75, 3.05) is 0 Å². The number of hydrogen-bond acceptors (Lipinski definition) is 4. The number of carboxylic acids is 1. The second-order valence-electron chi connectivity index (χ2n) is 3.56. The maximum atomic E-state index is 10.9. The highest BCUT2D eigenvalue weighted by Gasteiger charge is 2.18. The van der Waals surface area contributed by atoms with E-state index < -0.39 is 16.1 Å². The lowest BCUT2D eigenvalue weighted by Gasteiger charge is -2.09. The SMILES string of the molecule is CCC(Sc1ccc([N+](=O)[O-])c(C)c1)C(=O)O. The number of carbonyl (C=O) groups is 1. The molecule has 0 bridgehead atoms. The molecule has 1 atom stereocenters. The molecule has 0 saturated carbocycles. The molecule has 0 aliphatic carbocycles. The van der Waals surface area contributed by atoms with Gasteiger partial charge in [0.1, 0.15) is 5.25 Å². The van der Waals surface area contributed by atoms with Crippen molar-refractivity contribution in [3.05, 3.63) is 33.9 Å². The molecule has 0 aliphatic heterocycles. The van der Waals surface area contributed by atoms with Crippen molar-refractivity contribution in [2.45, 2.75) is 30.4 Å². The highest BCUT2D eigenvalue weighted by Crippen LogP contribution is 2.29. The van der Waals surface area contributed by atoms with Crippen molar-refractivity contribution in [2.24, 2.45) is 0 Å². The second kappa shape index (κ2) is 5.67. The van der Waals surface area contributed by atoms with Crippen LogP contribution >= 0.6 is 11.8 Å². The summed E-state index contributed by atoms with van der Waals surface area (Å²) in [6.45, 7) is 3.44. The summed E-state index contributed by atoms with van der Waals surface area (Å²) in [4.78, 5) is 21.8. The average Bonchev–Trinajstić information content (AvgIpc) is 2.24. The highest BCUT2D eigenvalue weighted by molar-refractivity contribution is 8.00. The third-order valence-electron chi connectivity index (χ3n) is 2.29. The summed E-state index contributed by atoms with van der Waals surface area (Å²) in [6.07, 6.45) is 0.510. The Kier molecular flexibility index (Phi) is 4.51. The van der Waals surface area contributed by atoms with Crippen LogP contribution in [-0.2, 0) is 4.79 Å². The van der Waals surface area contributed by atoms with E-state index in [1.54, 1.807) is 26.0 Å². The number of carboxylic acid groups (broad SMARTS) is 1. The molecule has 0 saturated heterocycles. The molecule has 1 unspecified atom stereocenters. The predicted octanol–water partition coefficient (Wildman–Crippen LogP) is 2.86. The molecule has 0 amide bonds. The van der Waals surface area contributed by atoms with Crippen molar-refractivity contribution in [3.8, 4) is 0 Å². The van der Waals surface area contributed by atoms with Crippen molar-refractivity contribution < 1.29 is 14.8 Å². The van der Waals surface area contributed by atoms with Crippen molar-refractivity contribution in [1.29, 1.82) is 0 Å². The minimum atomic E-state index is -0.867. The van der Waals surface area contributed by atoms with Gasteiger partial charge in [-0.2, -0.15) is 0 Å². The fourth-order valence-corrected chi connectivity index (χ4v) is 2.37. The van der Waals surface area contributed by atoms with Gasteiger partial charge in [0.05, 0.1) is 4.92 Å². The molecular weight excluding hydrogens is 242 g/mol. The maximum absolute atomic E-state index is 10.9. The normalized spacial score (nSPS) is 12.1. The molecule has 92 valence electrons. The first-order chi connectivity index (χ1) is 7.95. The largest absolute Gasteiger partial charge is 0.480 e. The Morgan fingerprint density at radius 1 is 1.59 bits per heavy atom. The number of rotatable bonds is 5. The Balaban J connectivity index is 2.90. The van der Waals surface area contributed by atoms with Gasteiger partial charge in [0.2, 0.25) is 0 Å². The Bertz CT molecular complexity index is 447. The topological polar surface area (TPSA) is 80.4 Å². The highest BCUT2D eigenvalue weighted by atomic mass is 32.2. The van der Waals surface area contributed by atoms with Gasteiger partial charge in [-0.05, 0) is 25.5 Å². The minimum absolute atomic E-state index is 0.0534. The zero-order valence-corrected chi connectivity index (χ0v) is 10.4. The number of aryl methyl sites for hydroxylation is 1. The van der Waals surface area contributed by atoms with E-state index in [4.69, 9.17) is 5.11 Å². The zero-order valence-electron chi connectivity index (χ0n) is 9.54. The Morgan fingerprint density at radius 3 is 2.65 bits per heavy atom. The molecule has 5 nitrogen and oxygen atoms in total. The molecule has 6 heteroatoms. The molecule has 0 spiro atoms. The van der Waals surface area contributed by atoms with Gasteiger partial charge in [-0.15, -0.1) is 11.8 Å². The Hall–Kier alpha value is -1.56. The molecule has 0 aliphatic rings. The summed E-state index contributed by atoms with van der Waals surface area (Å²) in [5.41, 5.74) is 0.595. The Labute approximate surface area is 103 Å². The van der Waals surface area contributed by atoms with Crippen LogP contribution in [0, 0.1) is 17.0 Å². The molecule has 1 N–H and O–H groups in total. The lowest BCUT2D eigenvalue weighted by Crippen LogP contribution is -2.14. The van der Waals surface area contributed by atoms with Gasteiger partial charge in [-0.3, -0.25) is 14.9 Å². The number of aliphatic carboxylic acids is 1. The summed E-state index contributed by atoms with van der Waals surface area (Å²) < 4.78 is 0. The van der Waals surface area contributed by atoms with Gasteiger partial charge in [0.25, 0.3) is 5.69 Å². The number of benzene rings is 1. The maximum Gasteiger partial charge on any atom is 0.316 e. The van der Waals surface area contributed by atoms with E-state index in [-0.39, 0.29) is 5.69 Å². The first-order valence-electron chi connectivity index (χ1n) is 5.10. The van der Waals surface area contributed by atoms with E-state index in [0.717, 1.165) is 4.90 Å². The zero-order chi connectivity index (χ0) is 13.0. The molecule has 0 radical (unpaired) electrons. The van der Waals surface area contributed by atoms with Crippen LogP contribution in [0.4, 0.5) is 5.69 Å². The summed E-state index contributed by atoms with van der Waals surface area (Å²) in [5.74, 6) is -0.867. The lowest BCUT2D eigenvalue weighted by atomic mass is 10.2. The molecule has 1 aromatic carbocycles. The van der Waals surface area contributed by atoms with Crippen LogP contribution in [0.2, 0.25) is 0 Å². The number of nitrogens with zero attached hydrogens (tertiary/aromatic N) is 1. The summed E-state index contributed by atoms with van der Waals surface area (Å²) in [6, 6.07) is 4.64. The van der Waals surface area contributed by atoms with Crippen LogP contribution in [0.5, 0.6) is 0 Å². The molecule has 0 aromatic heterocycles. The summed E-state index contributed by atoms with van der Waals surface area (Å²) in [5, 5.41) is 19.0. The third kappa shape index (κ3) is 3.45. The van der Waals surface area contributed by atoms with Crippen LogP contribution < -0.4 is 0 Å². The fraction of sp³-hybridized carbons (Fsp3) is 0.364. The van der Waals surface area contributed by atoms with E-state index >= 15 is 0 Å². The molecule has 1 rings (SSSR count). The molecular formula is C11H13NO4S. The number of hydrogen-bond donors (Lipinski definition) is 1. The Morgan fingerprint density at radius 2 is 2.24 bits per heavy atom. The van der Waals surface area contributed by atoms with E-state index in [1.807, 2.05) is 0 Å². The number of nitro groups is 1. The van der Waals surface area contributed by atoms with E-state index in [2.05, 4.69) is 0 Å². The third-order valence-corrected chi connectivity index (χ3v) is 3.64. The van der Waals surface area contributed by atoms with Gasteiger partial charge >= 0.3 is 5.97 Å². The van der Waals surface area contributed by atoms with Gasteiger partial charge in [-0.25, -0.2) is 0 Å². The van der Waals surface area contributed by atoms with Crippen LogP contribution in [0.1, 0.15) is 18.9 Å². The number of nitro benzene ring substituents is 1. The lowest BCUT2D eigenvalue weighted by molar-refractivity contribution is -0.385. The van der Waals surface area contributed by atoms with Crippen molar-refractivity contribution in [3.63, 3.8) is 0 Å². The quantitative estimate of drug-likeness (QED) is 0.497. The molecule has 17 heavy (non-hydrogen) atoms. The first kappa shape index (κ1) is 13.5. The molecule has 0 heterocycles. The smallest absolute Gasteiger partial charge is 0.316 e. The summed E-state index contributed by atoms with van der Waals surface area (Å²) >= 11 is 1.21. The van der Waals surface area contributed by atoms with Crippen LogP contribution in [0.15, 0.2) is 23.1 Å². The molecule has 0 fully saturated rings. The predicted molar refractivity (Wildman–Crippen MR) is 65.4 cm³/mol. The minimum Gasteiger partial charge on any atom is -0.480 e. The standard InChI is InChI=1S/C11H13NO4S/c1-3-10(11(13)14)17-8-4-5-9(12(15)16)7(2)6-8/h4-6,10H,3H2,1-2H3,(H,13,14). The average molecular weight is 255 g/mol. The van der Waals surface area contributed by atoms with Crippen molar-refractivity contribution in [1.82, 2.24) is 0 Å². The van der Waals surface area contributed by atoms with Crippen molar-refractivity contribution >= 4 is 23.4 Å². The van der Waals surface area contributed by atoms with Gasteiger partial charge in [-0.1, -0.05) is 6.92 Å².